The predicted molar refractivity (Wildman–Crippen MR) is 301 cm³/mol. The molecule has 40 atom stereocenters. The Hall–Kier alpha value is -3.03. The van der Waals surface area contributed by atoms with Crippen LogP contribution in [0.1, 0.15) is 48.0 Å². The van der Waals surface area contributed by atoms with Crippen LogP contribution in [0.25, 0.3) is 0 Å². The number of nitrogens with one attached hydrogen (secondary N) is 2. The SMILES string of the molecule is CC(=O)N[C@H]1[C@H](O[C@@H]([C@@H](O)[C@H](O)CO[C@]2(C(=O)O)C[C@H](O[C@@H]3O[C@@H](C)[C@@H](O)[C@@H](O[C@@H]4O[C@@H](C)[C@@H](O)[C@@H](O)[C@@H]4O)[C@@H]3O[C@@H]3O[C@@H](C)[C@@H](O)[C@@H](O)[C@@H]3O)[C@@H](O)[C@H]([C@H](O)[C@H](O)CO)O2)[C@H](CO)NC(C)=O)O[C@H](CO)[C@@H](O[C@@H]2O[C@H](CO)[C@H](O)[C@H](O)[C@H]2O)[C@@H]1O[C@@H]1O[C@@H](C)[C@@H](O)[C@@H](O)[C@@H]1O. The normalized spacial score (nSPS) is 47.2. The van der Waals surface area contributed by atoms with Crippen molar-refractivity contribution in [2.75, 3.05) is 33.0 Å². The van der Waals surface area contributed by atoms with Crippen LogP contribution in [0.2, 0.25) is 0 Å². The van der Waals surface area contributed by atoms with Gasteiger partial charge < -0.3 is 194 Å². The smallest absolute Gasteiger partial charge is 0.364 e. The van der Waals surface area contributed by atoms with Gasteiger partial charge in [-0.05, 0) is 27.7 Å². The molecule has 0 aromatic carbocycles. The average molecular weight is 1420 g/mol. The lowest BCUT2D eigenvalue weighted by Gasteiger charge is -2.51. The van der Waals surface area contributed by atoms with Crippen molar-refractivity contribution in [3.05, 3.63) is 0 Å². The number of carboxylic acid groups (broad SMARTS) is 1. The summed E-state index contributed by atoms with van der Waals surface area (Å²) in [5, 5.41) is 257. The zero-order valence-electron chi connectivity index (χ0n) is 53.0. The fourth-order valence-electron chi connectivity index (χ4n) is 12.2. The fourth-order valence-corrected chi connectivity index (χ4v) is 12.2. The highest BCUT2D eigenvalue weighted by atomic mass is 16.8. The Morgan fingerprint density at radius 1 is 0.474 bits per heavy atom. The summed E-state index contributed by atoms with van der Waals surface area (Å²) in [5.74, 6) is -7.57. The second-order valence-electron chi connectivity index (χ2n) is 25.0. The lowest BCUT2D eigenvalue weighted by molar-refractivity contribution is -0.401. The third-order valence-corrected chi connectivity index (χ3v) is 18.0. The van der Waals surface area contributed by atoms with Crippen molar-refractivity contribution in [2.45, 2.75) is 293 Å². The lowest BCUT2D eigenvalue weighted by Crippen LogP contribution is -2.71. The standard InChI is InChI=1S/C55H94N2O40/c1-13-26(66)34(74)38(78)49(85-13)94-44-25(57-18(6)63)48(91-24(11-61)43(44)93-52-41(81)37(77)32(72)23(10-60)90-52)92-42(19(8-58)56-17(5)62)31(71)21(65)12-84-55(54(82)83)7-22(33(73)45(97-55)30(70)20(64)9-59)89-53-47(96-51-40(80)36(76)28(68)15(3)87-51)46(29(69)16(4)88-53)95-50-39(79)35(75)27(67)14(2)86-50/h13-16,19-53,58-61,64-81H,7-12H2,1-6H3,(H,56,62)(H,57,63)(H,82,83)/t13-,14-,15-,16-,19-,20+,21+,22-,23+,24+,25+,26+,27+,28+,29+,30+,31-,32-,33+,34+,35+,36+,37-,38-,39-,40-,41+,42+,43+,44+,45-,46+,47-,48-,49-,50-,51-,52-,53-,55+/m0/s1. The molecule has 2 amide bonds. The molecule has 0 radical (unpaired) electrons. The predicted octanol–water partition coefficient (Wildman–Crippen LogP) is -15.2. The first kappa shape index (κ1) is 81.3. The Labute approximate surface area is 551 Å². The molecule has 25 N–H and O–H groups in total. The van der Waals surface area contributed by atoms with Gasteiger partial charge in [-0.2, -0.15) is 0 Å². The Bertz CT molecular complexity index is 2490. The summed E-state index contributed by atoms with van der Waals surface area (Å²) in [7, 11) is 0. The fraction of sp³-hybridized carbons (Fsp3) is 0.945. The van der Waals surface area contributed by atoms with Crippen molar-refractivity contribution in [2.24, 2.45) is 0 Å². The summed E-state index contributed by atoms with van der Waals surface area (Å²) in [6.45, 7) is 0.611. The molecule has 0 saturated carbocycles. The van der Waals surface area contributed by atoms with E-state index in [0.717, 1.165) is 13.8 Å². The van der Waals surface area contributed by atoms with Crippen molar-refractivity contribution in [1.82, 2.24) is 10.6 Å². The molecule has 42 heteroatoms. The number of hydrogen-bond acceptors (Lipinski definition) is 39. The number of aliphatic hydroxyl groups excluding tert-OH is 22. The Morgan fingerprint density at radius 2 is 0.918 bits per heavy atom. The van der Waals surface area contributed by atoms with Crippen molar-refractivity contribution in [3.63, 3.8) is 0 Å². The second-order valence-corrected chi connectivity index (χ2v) is 25.0. The highest BCUT2D eigenvalue weighted by molar-refractivity contribution is 5.76. The Kier molecular flexibility index (Phi) is 28.9. The van der Waals surface area contributed by atoms with Crippen LogP contribution in [0.5, 0.6) is 0 Å². The van der Waals surface area contributed by atoms with Gasteiger partial charge >= 0.3 is 5.97 Å². The zero-order chi connectivity index (χ0) is 72.3. The van der Waals surface area contributed by atoms with Gasteiger partial charge in [0.15, 0.2) is 37.7 Å². The molecule has 7 saturated heterocycles. The topological polar surface area (TPSA) is 670 Å². The molecule has 0 bridgehead atoms. The van der Waals surface area contributed by atoms with Gasteiger partial charge in [-0.1, -0.05) is 0 Å². The molecular formula is C55H94N2O40. The van der Waals surface area contributed by atoms with Crippen LogP contribution < -0.4 is 10.6 Å². The van der Waals surface area contributed by atoms with E-state index in [1.165, 1.54) is 27.7 Å². The summed E-state index contributed by atoms with van der Waals surface area (Å²) in [6, 6.07) is -3.92. The number of carboxylic acids is 1. The van der Waals surface area contributed by atoms with Crippen molar-refractivity contribution >= 4 is 17.8 Å². The third kappa shape index (κ3) is 18.0. The molecule has 42 nitrogen and oxygen atoms in total. The molecule has 7 rings (SSSR count). The third-order valence-electron chi connectivity index (χ3n) is 18.0. The maximum Gasteiger partial charge on any atom is 0.364 e. The van der Waals surface area contributed by atoms with Gasteiger partial charge in [0.05, 0.1) is 69.6 Å². The maximum absolute atomic E-state index is 13.8. The molecule has 0 unspecified atom stereocenters. The van der Waals surface area contributed by atoms with Gasteiger partial charge in [0.1, 0.15) is 165 Å². The van der Waals surface area contributed by atoms with Crippen LogP contribution in [-0.2, 0) is 80.7 Å². The van der Waals surface area contributed by atoms with Crippen LogP contribution in [0, 0.1) is 0 Å². The lowest BCUT2D eigenvalue weighted by atomic mass is 9.90. The molecule has 7 heterocycles. The molecule has 7 aliphatic rings. The molecule has 564 valence electrons. The number of hydrogen-bond donors (Lipinski definition) is 25. The minimum Gasteiger partial charge on any atom is -0.477 e. The first-order valence-corrected chi connectivity index (χ1v) is 31.1. The zero-order valence-corrected chi connectivity index (χ0v) is 53.0. The quantitative estimate of drug-likeness (QED) is 0.0363. The van der Waals surface area contributed by atoms with E-state index in [4.69, 9.17) is 66.3 Å². The van der Waals surface area contributed by atoms with E-state index in [0.29, 0.717) is 0 Å². The van der Waals surface area contributed by atoms with Gasteiger partial charge in [-0.15, -0.1) is 0 Å². The first-order chi connectivity index (χ1) is 45.5. The second kappa shape index (κ2) is 34.5. The molecule has 0 aliphatic carbocycles. The van der Waals surface area contributed by atoms with Gasteiger partial charge in [-0.25, -0.2) is 4.79 Å². The molecule has 7 fully saturated rings. The van der Waals surface area contributed by atoms with Crippen LogP contribution >= 0.6 is 0 Å². The van der Waals surface area contributed by atoms with Crippen molar-refractivity contribution < 1.29 is 198 Å². The number of ether oxygens (including phenoxy) is 14. The van der Waals surface area contributed by atoms with E-state index in [1.54, 1.807) is 0 Å². The minimum absolute atomic E-state index is 0.916. The molecule has 7 aliphatic heterocycles. The molecule has 97 heavy (non-hydrogen) atoms. The highest BCUT2D eigenvalue weighted by Gasteiger charge is 2.61. The number of aliphatic hydroxyl groups is 22. The number of rotatable bonds is 27. The van der Waals surface area contributed by atoms with Crippen LogP contribution in [0.15, 0.2) is 0 Å². The molecule has 0 spiro atoms. The summed E-state index contributed by atoms with van der Waals surface area (Å²) in [5.41, 5.74) is 0. The summed E-state index contributed by atoms with van der Waals surface area (Å²) in [6.07, 6.45) is -75.9. The molecular weight excluding hydrogens is 1330 g/mol. The summed E-state index contributed by atoms with van der Waals surface area (Å²) < 4.78 is 82.6. The maximum atomic E-state index is 13.8. The van der Waals surface area contributed by atoms with Crippen LogP contribution in [0.3, 0.4) is 0 Å². The number of carbonyl (C=O) groups excluding carboxylic acids is 2. The number of aliphatic carboxylic acids is 1. The average Bonchev–Trinajstić information content (AvgIpc) is 0.766. The van der Waals surface area contributed by atoms with E-state index in [2.05, 4.69) is 10.6 Å². The minimum atomic E-state index is -3.40. The molecule has 0 aromatic heterocycles. The Morgan fingerprint density at radius 3 is 1.38 bits per heavy atom. The van der Waals surface area contributed by atoms with Gasteiger partial charge in [0.2, 0.25) is 11.8 Å². The van der Waals surface area contributed by atoms with Crippen LogP contribution in [0.4, 0.5) is 0 Å². The van der Waals surface area contributed by atoms with E-state index in [-0.39, 0.29) is 0 Å². The van der Waals surface area contributed by atoms with E-state index < -0.39 is 302 Å². The largest absolute Gasteiger partial charge is 0.477 e. The van der Waals surface area contributed by atoms with Gasteiger partial charge in [0, 0.05) is 20.3 Å². The number of carbonyl (C=O) groups is 3. The van der Waals surface area contributed by atoms with Gasteiger partial charge in [0.25, 0.3) is 5.79 Å². The van der Waals surface area contributed by atoms with Crippen molar-refractivity contribution in [1.29, 1.82) is 0 Å². The highest BCUT2D eigenvalue weighted by Crippen LogP contribution is 2.41. The summed E-state index contributed by atoms with van der Waals surface area (Å²) in [4.78, 5) is 39.8. The number of amides is 2. The van der Waals surface area contributed by atoms with Crippen molar-refractivity contribution in [3.8, 4) is 0 Å². The van der Waals surface area contributed by atoms with E-state index in [1.807, 2.05) is 0 Å². The first-order valence-electron chi connectivity index (χ1n) is 31.1. The van der Waals surface area contributed by atoms with Crippen LogP contribution in [-0.4, -0.2) is 413 Å². The Balaban J connectivity index is 1.24. The molecule has 0 aromatic rings. The summed E-state index contributed by atoms with van der Waals surface area (Å²) >= 11 is 0. The van der Waals surface area contributed by atoms with E-state index >= 15 is 0 Å². The van der Waals surface area contributed by atoms with Gasteiger partial charge in [-0.3, -0.25) is 9.59 Å². The van der Waals surface area contributed by atoms with E-state index in [9.17, 15) is 132 Å². The monoisotopic (exact) mass is 1420 g/mol.